The smallest absolute Gasteiger partial charge is 0.113 e. The summed E-state index contributed by atoms with van der Waals surface area (Å²) >= 11 is 0. The van der Waals surface area contributed by atoms with Crippen LogP contribution >= 0.6 is 0 Å². The van der Waals surface area contributed by atoms with Crippen LogP contribution in [0.2, 0.25) is 0 Å². The molecule has 100 valence electrons. The number of nitrogens with one attached hydrogen (secondary N) is 1. The van der Waals surface area contributed by atoms with Crippen molar-refractivity contribution >= 4 is 0 Å². The predicted octanol–water partition coefficient (Wildman–Crippen LogP) is 1.84. The fourth-order valence-corrected chi connectivity index (χ4v) is 3.11. The Balaban J connectivity index is 1.59. The van der Waals surface area contributed by atoms with Crippen molar-refractivity contribution in [2.24, 2.45) is 0 Å². The second-order valence-electron chi connectivity index (χ2n) is 5.57. The van der Waals surface area contributed by atoms with Gasteiger partial charge in [0, 0.05) is 44.5 Å². The van der Waals surface area contributed by atoms with E-state index >= 15 is 0 Å². The Morgan fingerprint density at radius 2 is 2.22 bits per heavy atom. The minimum Gasteiger partial charge on any atom is -0.381 e. The standard InChI is InChI=1S/C14H23N3O/c1-11-10-17-6-2-3-12(14(17)16-11)9-15-13-4-7-18-8-5-13/h10,12-13,15H,2-9H2,1H3. The molecule has 3 rings (SSSR count). The average molecular weight is 249 g/mol. The first kappa shape index (κ1) is 12.2. The third-order valence-corrected chi connectivity index (χ3v) is 4.12. The molecule has 0 aromatic carbocycles. The monoisotopic (exact) mass is 249 g/mol. The van der Waals surface area contributed by atoms with Crippen LogP contribution in [0.1, 0.15) is 43.1 Å². The fraction of sp³-hybridized carbons (Fsp3) is 0.786. The van der Waals surface area contributed by atoms with Crippen LogP contribution in [0.15, 0.2) is 6.20 Å². The molecule has 4 heteroatoms. The van der Waals surface area contributed by atoms with E-state index < -0.39 is 0 Å². The van der Waals surface area contributed by atoms with Gasteiger partial charge in [0.15, 0.2) is 0 Å². The lowest BCUT2D eigenvalue weighted by Crippen LogP contribution is -2.38. The molecule has 18 heavy (non-hydrogen) atoms. The van der Waals surface area contributed by atoms with Gasteiger partial charge in [-0.1, -0.05) is 0 Å². The predicted molar refractivity (Wildman–Crippen MR) is 70.8 cm³/mol. The van der Waals surface area contributed by atoms with E-state index in [9.17, 15) is 0 Å². The number of aromatic nitrogens is 2. The summed E-state index contributed by atoms with van der Waals surface area (Å²) in [5.74, 6) is 1.88. The van der Waals surface area contributed by atoms with Crippen molar-refractivity contribution < 1.29 is 4.74 Å². The Bertz CT molecular complexity index is 396. The maximum atomic E-state index is 5.39. The van der Waals surface area contributed by atoms with Gasteiger partial charge in [-0.2, -0.15) is 0 Å². The highest BCUT2D eigenvalue weighted by Crippen LogP contribution is 2.26. The van der Waals surface area contributed by atoms with Crippen molar-refractivity contribution in [3.63, 3.8) is 0 Å². The summed E-state index contributed by atoms with van der Waals surface area (Å²) in [6.07, 6.45) is 7.05. The summed E-state index contributed by atoms with van der Waals surface area (Å²) in [6.45, 7) is 6.13. The Morgan fingerprint density at radius 3 is 3.06 bits per heavy atom. The van der Waals surface area contributed by atoms with Crippen molar-refractivity contribution in [1.29, 1.82) is 0 Å². The van der Waals surface area contributed by atoms with Gasteiger partial charge >= 0.3 is 0 Å². The summed E-state index contributed by atoms with van der Waals surface area (Å²) in [6, 6.07) is 0.644. The summed E-state index contributed by atoms with van der Waals surface area (Å²) in [4.78, 5) is 4.69. The highest BCUT2D eigenvalue weighted by molar-refractivity contribution is 5.09. The maximum absolute atomic E-state index is 5.39. The lowest BCUT2D eigenvalue weighted by atomic mass is 9.98. The van der Waals surface area contributed by atoms with E-state index in [4.69, 9.17) is 9.72 Å². The molecule has 0 amide bonds. The number of hydrogen-bond donors (Lipinski definition) is 1. The normalized spacial score (nSPS) is 25.1. The second-order valence-corrected chi connectivity index (χ2v) is 5.57. The quantitative estimate of drug-likeness (QED) is 0.888. The number of ether oxygens (including phenoxy) is 1. The van der Waals surface area contributed by atoms with E-state index in [1.165, 1.54) is 18.7 Å². The molecule has 2 aliphatic heterocycles. The molecule has 1 fully saturated rings. The first-order valence-electron chi connectivity index (χ1n) is 7.18. The SMILES string of the molecule is Cc1cn2c(n1)C(CNC1CCOCC1)CCC2. The van der Waals surface area contributed by atoms with E-state index in [1.54, 1.807) is 0 Å². The zero-order chi connectivity index (χ0) is 12.4. The van der Waals surface area contributed by atoms with Gasteiger partial charge in [-0.25, -0.2) is 4.98 Å². The zero-order valence-electron chi connectivity index (χ0n) is 11.2. The van der Waals surface area contributed by atoms with Gasteiger partial charge in [-0.15, -0.1) is 0 Å². The molecule has 2 aliphatic rings. The molecule has 4 nitrogen and oxygen atoms in total. The first-order valence-corrected chi connectivity index (χ1v) is 7.18. The van der Waals surface area contributed by atoms with Gasteiger partial charge in [0.05, 0.1) is 5.69 Å². The molecule has 1 aromatic heterocycles. The highest BCUT2D eigenvalue weighted by atomic mass is 16.5. The van der Waals surface area contributed by atoms with Crippen molar-refractivity contribution in [2.75, 3.05) is 19.8 Å². The summed E-state index contributed by atoms with van der Waals surface area (Å²) in [5, 5.41) is 3.71. The van der Waals surface area contributed by atoms with Gasteiger partial charge in [-0.05, 0) is 32.6 Å². The number of fused-ring (bicyclic) bond motifs is 1. The van der Waals surface area contributed by atoms with Crippen LogP contribution in [0, 0.1) is 6.92 Å². The fourth-order valence-electron chi connectivity index (χ4n) is 3.11. The van der Waals surface area contributed by atoms with Crippen LogP contribution in [-0.4, -0.2) is 35.4 Å². The number of hydrogen-bond acceptors (Lipinski definition) is 3. The van der Waals surface area contributed by atoms with E-state index in [0.29, 0.717) is 12.0 Å². The molecular formula is C14H23N3O. The van der Waals surface area contributed by atoms with Crippen molar-refractivity contribution in [2.45, 2.75) is 51.1 Å². The molecule has 0 aliphatic carbocycles. The van der Waals surface area contributed by atoms with Gasteiger partial charge in [0.1, 0.15) is 5.82 Å². The molecule has 0 radical (unpaired) electrons. The molecule has 1 aromatic rings. The number of nitrogens with zero attached hydrogens (tertiary/aromatic N) is 2. The maximum Gasteiger partial charge on any atom is 0.113 e. The molecule has 1 N–H and O–H groups in total. The Labute approximate surface area is 109 Å². The lowest BCUT2D eigenvalue weighted by Gasteiger charge is -2.28. The Kier molecular flexibility index (Phi) is 3.66. The van der Waals surface area contributed by atoms with Crippen LogP contribution < -0.4 is 5.32 Å². The number of rotatable bonds is 3. The zero-order valence-corrected chi connectivity index (χ0v) is 11.2. The third kappa shape index (κ3) is 2.59. The second kappa shape index (κ2) is 5.41. The van der Waals surface area contributed by atoms with Crippen LogP contribution in [0.5, 0.6) is 0 Å². The summed E-state index contributed by atoms with van der Waals surface area (Å²) < 4.78 is 7.74. The van der Waals surface area contributed by atoms with Crippen LogP contribution in [0.25, 0.3) is 0 Å². The first-order chi connectivity index (χ1) is 8.83. The molecule has 0 bridgehead atoms. The molecular weight excluding hydrogens is 226 g/mol. The molecule has 0 spiro atoms. The van der Waals surface area contributed by atoms with E-state index in [-0.39, 0.29) is 0 Å². The topological polar surface area (TPSA) is 39.1 Å². The summed E-state index contributed by atoms with van der Waals surface area (Å²) in [7, 11) is 0. The minimum atomic E-state index is 0.593. The van der Waals surface area contributed by atoms with Gasteiger partial charge in [0.25, 0.3) is 0 Å². The van der Waals surface area contributed by atoms with Gasteiger partial charge in [-0.3, -0.25) is 0 Å². The highest BCUT2D eigenvalue weighted by Gasteiger charge is 2.23. The Morgan fingerprint density at radius 1 is 1.39 bits per heavy atom. The summed E-state index contributed by atoms with van der Waals surface area (Å²) in [5.41, 5.74) is 1.16. The average Bonchev–Trinajstić information content (AvgIpc) is 2.78. The molecule has 3 heterocycles. The number of imidazole rings is 1. The molecule has 1 atom stereocenters. The van der Waals surface area contributed by atoms with E-state index in [2.05, 4.69) is 23.0 Å². The van der Waals surface area contributed by atoms with Crippen LogP contribution in [0.3, 0.4) is 0 Å². The van der Waals surface area contributed by atoms with E-state index in [0.717, 1.165) is 44.8 Å². The molecule has 1 saturated heterocycles. The minimum absolute atomic E-state index is 0.593. The largest absolute Gasteiger partial charge is 0.381 e. The van der Waals surface area contributed by atoms with E-state index in [1.807, 2.05) is 0 Å². The lowest BCUT2D eigenvalue weighted by molar-refractivity contribution is 0.0773. The van der Waals surface area contributed by atoms with Gasteiger partial charge < -0.3 is 14.6 Å². The Hall–Kier alpha value is -0.870. The molecule has 0 saturated carbocycles. The number of aryl methyl sites for hydroxylation is 2. The van der Waals surface area contributed by atoms with Crippen molar-refractivity contribution in [3.8, 4) is 0 Å². The van der Waals surface area contributed by atoms with Crippen molar-refractivity contribution in [3.05, 3.63) is 17.7 Å². The van der Waals surface area contributed by atoms with Gasteiger partial charge in [0.2, 0.25) is 0 Å². The van der Waals surface area contributed by atoms with Crippen LogP contribution in [0.4, 0.5) is 0 Å². The molecule has 1 unspecified atom stereocenters. The van der Waals surface area contributed by atoms with Crippen LogP contribution in [-0.2, 0) is 11.3 Å². The van der Waals surface area contributed by atoms with Crippen molar-refractivity contribution in [1.82, 2.24) is 14.9 Å². The third-order valence-electron chi connectivity index (χ3n) is 4.12.